The number of nitro benzene ring substituents is 1. The van der Waals surface area contributed by atoms with E-state index in [2.05, 4.69) is 31.0 Å². The monoisotopic (exact) mass is 610 g/mol. The molecule has 0 aliphatic heterocycles. The fourth-order valence-corrected chi connectivity index (χ4v) is 4.09. The number of hydrogen-bond donors (Lipinski definition) is 0. The van der Waals surface area contributed by atoms with Crippen LogP contribution in [-0.2, 0) is 0 Å². The number of nitro groups is 2. The van der Waals surface area contributed by atoms with E-state index in [0.29, 0.717) is 27.6 Å². The van der Waals surface area contributed by atoms with E-state index in [9.17, 15) is 25.0 Å². The van der Waals surface area contributed by atoms with Crippen molar-refractivity contribution in [2.24, 2.45) is 5.10 Å². The topological polar surface area (TPSA) is 165 Å². The van der Waals surface area contributed by atoms with E-state index in [1.165, 1.54) is 29.1 Å². The van der Waals surface area contributed by atoms with Crippen LogP contribution in [0.1, 0.15) is 44.5 Å². The molecule has 40 heavy (non-hydrogen) atoms. The van der Waals surface area contributed by atoms with E-state index in [0.717, 1.165) is 12.3 Å². The lowest BCUT2D eigenvalue weighted by atomic mass is 10.1. The van der Waals surface area contributed by atoms with E-state index in [4.69, 9.17) is 9.47 Å². The summed E-state index contributed by atoms with van der Waals surface area (Å²) in [4.78, 5) is 43.5. The molecule has 0 fully saturated rings. The molecule has 2 aromatic heterocycles. The minimum Gasteiger partial charge on any atom is -0.490 e. The molecule has 0 amide bonds. The summed E-state index contributed by atoms with van der Waals surface area (Å²) in [6, 6.07) is 10.3. The molecule has 0 saturated carbocycles. The molecule has 0 spiro atoms. The second-order valence-corrected chi connectivity index (χ2v) is 9.49. The highest BCUT2D eigenvalue weighted by Gasteiger charge is 2.24. The third-order valence-electron chi connectivity index (χ3n) is 5.90. The van der Waals surface area contributed by atoms with Crippen molar-refractivity contribution in [3.63, 3.8) is 0 Å². The van der Waals surface area contributed by atoms with Gasteiger partial charge in [0.2, 0.25) is 11.6 Å². The number of benzene rings is 2. The third-order valence-corrected chi connectivity index (χ3v) is 6.39. The molecular formula is C26H23BrN6O7. The summed E-state index contributed by atoms with van der Waals surface area (Å²) >= 11 is 3.37. The van der Waals surface area contributed by atoms with Crippen LogP contribution in [0.2, 0.25) is 0 Å². The molecule has 0 bridgehead atoms. The van der Waals surface area contributed by atoms with Crippen molar-refractivity contribution in [2.45, 2.75) is 33.1 Å². The number of hydrogen-bond acceptors (Lipinski definition) is 10. The highest BCUT2D eigenvalue weighted by atomic mass is 79.9. The van der Waals surface area contributed by atoms with Gasteiger partial charge in [0.25, 0.3) is 11.2 Å². The standard InChI is InChI=1S/C26H23BrN6O7/c1-4-15(3)25-30-20-8-6-17(27)12-19(20)26(34)31(25)29-13-16-10-21(33(37)38)24(22(11-16)39-5-2)40-23-9-7-18(14-28-23)32(35)36/h6-15H,4-5H2,1-3H3/t15-/m1/s1. The minimum absolute atomic E-state index is 0.0216. The van der Waals surface area contributed by atoms with Gasteiger partial charge >= 0.3 is 5.69 Å². The van der Waals surface area contributed by atoms with Crippen molar-refractivity contribution in [1.82, 2.24) is 14.6 Å². The Morgan fingerprint density at radius 2 is 1.90 bits per heavy atom. The number of aromatic nitrogens is 3. The maximum Gasteiger partial charge on any atom is 0.316 e. The minimum atomic E-state index is -0.660. The van der Waals surface area contributed by atoms with Gasteiger partial charge in [-0.2, -0.15) is 9.78 Å². The van der Waals surface area contributed by atoms with E-state index in [-0.39, 0.29) is 46.7 Å². The molecular weight excluding hydrogens is 588 g/mol. The van der Waals surface area contributed by atoms with Gasteiger partial charge in [-0.3, -0.25) is 25.0 Å². The lowest BCUT2D eigenvalue weighted by Gasteiger charge is -2.14. The zero-order valence-electron chi connectivity index (χ0n) is 21.6. The molecule has 0 aliphatic carbocycles. The Labute approximate surface area is 235 Å². The fourth-order valence-electron chi connectivity index (χ4n) is 3.73. The van der Waals surface area contributed by atoms with Gasteiger partial charge in [-0.1, -0.05) is 29.8 Å². The van der Waals surface area contributed by atoms with Crippen LogP contribution in [0.15, 0.2) is 63.0 Å². The van der Waals surface area contributed by atoms with Crippen LogP contribution in [0.3, 0.4) is 0 Å². The summed E-state index contributed by atoms with van der Waals surface area (Å²) in [5.41, 5.74) is -0.314. The maximum absolute atomic E-state index is 13.4. The van der Waals surface area contributed by atoms with Crippen molar-refractivity contribution in [2.75, 3.05) is 6.61 Å². The van der Waals surface area contributed by atoms with Crippen LogP contribution in [0, 0.1) is 20.2 Å². The van der Waals surface area contributed by atoms with Crippen LogP contribution in [0.25, 0.3) is 10.9 Å². The number of halogens is 1. The van der Waals surface area contributed by atoms with E-state index < -0.39 is 15.5 Å². The molecule has 0 N–H and O–H groups in total. The van der Waals surface area contributed by atoms with Crippen LogP contribution in [-0.4, -0.2) is 37.3 Å². The Morgan fingerprint density at radius 3 is 2.52 bits per heavy atom. The molecule has 2 heterocycles. The van der Waals surface area contributed by atoms with Crippen LogP contribution >= 0.6 is 15.9 Å². The molecule has 0 saturated heterocycles. The van der Waals surface area contributed by atoms with Crippen LogP contribution in [0.4, 0.5) is 11.4 Å². The Bertz CT molecular complexity index is 1690. The molecule has 13 nitrogen and oxygen atoms in total. The molecule has 2 aromatic carbocycles. The lowest BCUT2D eigenvalue weighted by Crippen LogP contribution is -2.23. The zero-order valence-corrected chi connectivity index (χ0v) is 23.2. The summed E-state index contributed by atoms with van der Waals surface area (Å²) in [6.07, 6.45) is 2.99. The highest BCUT2D eigenvalue weighted by Crippen LogP contribution is 2.41. The molecule has 4 aromatic rings. The van der Waals surface area contributed by atoms with Gasteiger partial charge in [0.05, 0.1) is 33.6 Å². The van der Waals surface area contributed by atoms with Gasteiger partial charge in [-0.05, 0) is 37.6 Å². The SMILES string of the molecule is CCOc1cc(C=Nn2c([C@H](C)CC)nc3ccc(Br)cc3c2=O)cc([N+](=O)[O-])c1Oc1ccc([N+](=O)[O-])cn1. The summed E-state index contributed by atoms with van der Waals surface area (Å²) in [5.74, 6) is 0.0288. The van der Waals surface area contributed by atoms with Gasteiger partial charge in [0.15, 0.2) is 5.75 Å². The average Bonchev–Trinajstić information content (AvgIpc) is 2.93. The predicted octanol–water partition coefficient (Wildman–Crippen LogP) is 5.96. The van der Waals surface area contributed by atoms with Crippen LogP contribution < -0.4 is 15.0 Å². The first kappa shape index (κ1) is 28.3. The molecule has 0 unspecified atom stereocenters. The highest BCUT2D eigenvalue weighted by molar-refractivity contribution is 9.10. The second-order valence-electron chi connectivity index (χ2n) is 8.57. The zero-order chi connectivity index (χ0) is 29.0. The Hall–Kier alpha value is -4.72. The van der Waals surface area contributed by atoms with E-state index in [1.807, 2.05) is 13.8 Å². The van der Waals surface area contributed by atoms with Crippen molar-refractivity contribution in [3.8, 4) is 17.4 Å². The van der Waals surface area contributed by atoms with Gasteiger partial charge in [0, 0.05) is 34.2 Å². The smallest absolute Gasteiger partial charge is 0.316 e. The molecule has 4 rings (SSSR count). The summed E-state index contributed by atoms with van der Waals surface area (Å²) in [7, 11) is 0. The molecule has 0 aliphatic rings. The Morgan fingerprint density at radius 1 is 1.12 bits per heavy atom. The van der Waals surface area contributed by atoms with E-state index in [1.54, 1.807) is 25.1 Å². The molecule has 14 heteroatoms. The largest absolute Gasteiger partial charge is 0.490 e. The fraction of sp³-hybridized carbons (Fsp3) is 0.231. The number of pyridine rings is 1. The van der Waals surface area contributed by atoms with Crippen molar-refractivity contribution >= 4 is 44.4 Å². The Kier molecular flexibility index (Phi) is 8.48. The molecule has 0 radical (unpaired) electrons. The quantitative estimate of drug-likeness (QED) is 0.120. The average molecular weight is 611 g/mol. The summed E-state index contributed by atoms with van der Waals surface area (Å²) in [6.45, 7) is 5.74. The Balaban J connectivity index is 1.81. The van der Waals surface area contributed by atoms with E-state index >= 15 is 0 Å². The first-order valence-electron chi connectivity index (χ1n) is 12.1. The number of rotatable bonds is 10. The van der Waals surface area contributed by atoms with Gasteiger partial charge in [-0.15, -0.1) is 0 Å². The van der Waals surface area contributed by atoms with Crippen LogP contribution in [0.5, 0.6) is 17.4 Å². The van der Waals surface area contributed by atoms with Crippen molar-refractivity contribution in [3.05, 3.63) is 95.1 Å². The molecule has 1 atom stereocenters. The lowest BCUT2D eigenvalue weighted by molar-refractivity contribution is -0.385. The number of ether oxygens (including phenoxy) is 2. The number of fused-ring (bicyclic) bond motifs is 1. The van der Waals surface area contributed by atoms with Gasteiger partial charge in [0.1, 0.15) is 12.0 Å². The van der Waals surface area contributed by atoms with Crippen molar-refractivity contribution < 1.29 is 19.3 Å². The molecule has 206 valence electrons. The van der Waals surface area contributed by atoms with Crippen molar-refractivity contribution in [1.29, 1.82) is 0 Å². The van der Waals surface area contributed by atoms with Gasteiger partial charge in [-0.25, -0.2) is 9.97 Å². The summed E-state index contributed by atoms with van der Waals surface area (Å²) in [5, 5.41) is 27.6. The first-order valence-corrected chi connectivity index (χ1v) is 12.9. The van der Waals surface area contributed by atoms with Gasteiger partial charge < -0.3 is 9.47 Å². The second kappa shape index (κ2) is 12.0. The normalized spacial score (nSPS) is 12.0. The maximum atomic E-state index is 13.4. The third kappa shape index (κ3) is 5.96. The summed E-state index contributed by atoms with van der Waals surface area (Å²) < 4.78 is 13.2. The number of nitrogens with zero attached hydrogens (tertiary/aromatic N) is 6. The predicted molar refractivity (Wildman–Crippen MR) is 151 cm³/mol. The first-order chi connectivity index (χ1) is 19.1.